The Balaban J connectivity index is 1.75. The van der Waals surface area contributed by atoms with E-state index >= 15 is 0 Å². The van der Waals surface area contributed by atoms with Crippen LogP contribution in [0, 0.1) is 0 Å². The van der Waals surface area contributed by atoms with Crippen LogP contribution in [0.4, 0.5) is 17.8 Å². The first-order valence-corrected chi connectivity index (χ1v) is 8.06. The molecule has 0 spiro atoms. The Kier molecular flexibility index (Phi) is 5.75. The molecule has 1 aromatic heterocycles. The number of aromatic nitrogens is 3. The SMILES string of the molecule is OCCNc1nc(NCc2ccccc2)nc(N2CCOCC2)n1. The second kappa shape index (κ2) is 8.42. The van der Waals surface area contributed by atoms with Crippen molar-refractivity contribution in [1.29, 1.82) is 0 Å². The van der Waals surface area contributed by atoms with Crippen molar-refractivity contribution in [2.24, 2.45) is 0 Å². The zero-order valence-corrected chi connectivity index (χ0v) is 13.5. The van der Waals surface area contributed by atoms with E-state index in [9.17, 15) is 0 Å². The number of morpholine rings is 1. The maximum Gasteiger partial charge on any atom is 0.232 e. The number of aliphatic hydroxyl groups is 1. The van der Waals surface area contributed by atoms with Crippen LogP contribution in [0.5, 0.6) is 0 Å². The molecule has 8 nitrogen and oxygen atoms in total. The molecule has 24 heavy (non-hydrogen) atoms. The van der Waals surface area contributed by atoms with Crippen LogP contribution in [-0.4, -0.2) is 59.5 Å². The van der Waals surface area contributed by atoms with Crippen molar-refractivity contribution in [3.8, 4) is 0 Å². The van der Waals surface area contributed by atoms with Gasteiger partial charge in [0, 0.05) is 26.2 Å². The summed E-state index contributed by atoms with van der Waals surface area (Å²) in [6, 6.07) is 10.1. The standard InChI is InChI=1S/C16H22N6O2/c23-9-6-17-14-19-15(18-12-13-4-2-1-3-5-13)21-16(20-14)22-7-10-24-11-8-22/h1-5,23H,6-12H2,(H2,17,18,19,20,21). The predicted molar refractivity (Wildman–Crippen MR) is 92.2 cm³/mol. The molecule has 3 rings (SSSR count). The van der Waals surface area contributed by atoms with Crippen LogP contribution in [0.2, 0.25) is 0 Å². The fourth-order valence-corrected chi connectivity index (χ4v) is 2.37. The van der Waals surface area contributed by atoms with Gasteiger partial charge in [-0.25, -0.2) is 0 Å². The van der Waals surface area contributed by atoms with Gasteiger partial charge in [-0.3, -0.25) is 0 Å². The molecule has 3 N–H and O–H groups in total. The summed E-state index contributed by atoms with van der Waals surface area (Å²) in [4.78, 5) is 15.4. The van der Waals surface area contributed by atoms with E-state index in [1.54, 1.807) is 0 Å². The highest BCUT2D eigenvalue weighted by Crippen LogP contribution is 2.15. The fraction of sp³-hybridized carbons (Fsp3) is 0.438. The molecule has 1 aliphatic heterocycles. The monoisotopic (exact) mass is 330 g/mol. The highest BCUT2D eigenvalue weighted by molar-refractivity contribution is 5.44. The van der Waals surface area contributed by atoms with Crippen molar-refractivity contribution < 1.29 is 9.84 Å². The van der Waals surface area contributed by atoms with E-state index < -0.39 is 0 Å². The third kappa shape index (κ3) is 4.53. The molecule has 1 fully saturated rings. The number of benzene rings is 1. The number of hydrogen-bond acceptors (Lipinski definition) is 8. The summed E-state index contributed by atoms with van der Waals surface area (Å²) < 4.78 is 5.37. The summed E-state index contributed by atoms with van der Waals surface area (Å²) >= 11 is 0. The van der Waals surface area contributed by atoms with E-state index in [1.807, 2.05) is 30.3 Å². The quantitative estimate of drug-likeness (QED) is 0.684. The molecule has 0 atom stereocenters. The number of aliphatic hydroxyl groups excluding tert-OH is 1. The summed E-state index contributed by atoms with van der Waals surface area (Å²) in [6.45, 7) is 3.88. The highest BCUT2D eigenvalue weighted by Gasteiger charge is 2.16. The van der Waals surface area contributed by atoms with E-state index in [2.05, 4.69) is 30.5 Å². The molecule has 8 heteroatoms. The maximum atomic E-state index is 8.99. The average molecular weight is 330 g/mol. The van der Waals surface area contributed by atoms with Gasteiger partial charge >= 0.3 is 0 Å². The summed E-state index contributed by atoms with van der Waals surface area (Å²) in [7, 11) is 0. The molecule has 0 unspecified atom stereocenters. The van der Waals surface area contributed by atoms with E-state index in [0.29, 0.717) is 44.1 Å². The summed E-state index contributed by atoms with van der Waals surface area (Å²) in [5.41, 5.74) is 1.15. The number of rotatable bonds is 7. The summed E-state index contributed by atoms with van der Waals surface area (Å²) in [6.07, 6.45) is 0. The van der Waals surface area contributed by atoms with Crippen molar-refractivity contribution in [3.05, 3.63) is 35.9 Å². The van der Waals surface area contributed by atoms with Crippen molar-refractivity contribution in [2.75, 3.05) is 55.0 Å². The lowest BCUT2D eigenvalue weighted by Crippen LogP contribution is -2.37. The Morgan fingerprint density at radius 1 is 1.00 bits per heavy atom. The maximum absolute atomic E-state index is 8.99. The zero-order chi connectivity index (χ0) is 16.6. The Labute approximate surface area is 140 Å². The molecule has 2 aromatic rings. The third-order valence-corrected chi connectivity index (χ3v) is 3.61. The summed E-state index contributed by atoms with van der Waals surface area (Å²) in [5.74, 6) is 1.58. The lowest BCUT2D eigenvalue weighted by molar-refractivity contribution is 0.122. The van der Waals surface area contributed by atoms with Gasteiger partial charge in [0.15, 0.2) is 0 Å². The lowest BCUT2D eigenvalue weighted by Gasteiger charge is -2.27. The number of nitrogens with one attached hydrogen (secondary N) is 2. The van der Waals surface area contributed by atoms with Crippen LogP contribution in [-0.2, 0) is 11.3 Å². The first kappa shape index (κ1) is 16.4. The number of nitrogens with zero attached hydrogens (tertiary/aromatic N) is 4. The van der Waals surface area contributed by atoms with E-state index in [-0.39, 0.29) is 6.61 Å². The highest BCUT2D eigenvalue weighted by atomic mass is 16.5. The molecule has 0 amide bonds. The fourth-order valence-electron chi connectivity index (χ4n) is 2.37. The van der Waals surface area contributed by atoms with Crippen molar-refractivity contribution in [1.82, 2.24) is 15.0 Å². The van der Waals surface area contributed by atoms with Gasteiger partial charge in [-0.1, -0.05) is 30.3 Å². The largest absolute Gasteiger partial charge is 0.395 e. The predicted octanol–water partition coefficient (Wildman–Crippen LogP) is 0.724. The minimum atomic E-state index is 0.0192. The van der Waals surface area contributed by atoms with Crippen LogP contribution in [0.15, 0.2) is 30.3 Å². The molecule has 128 valence electrons. The molecule has 0 bridgehead atoms. The molecule has 1 aliphatic rings. The summed E-state index contributed by atoms with van der Waals surface area (Å²) in [5, 5.41) is 15.2. The van der Waals surface area contributed by atoms with Crippen LogP contribution < -0.4 is 15.5 Å². The van der Waals surface area contributed by atoms with E-state index in [0.717, 1.165) is 18.7 Å². The molecule has 1 aromatic carbocycles. The number of anilines is 3. The lowest BCUT2D eigenvalue weighted by atomic mass is 10.2. The Hall–Kier alpha value is -2.45. The van der Waals surface area contributed by atoms with Crippen molar-refractivity contribution >= 4 is 17.8 Å². The van der Waals surface area contributed by atoms with Gasteiger partial charge in [-0.05, 0) is 5.56 Å². The smallest absolute Gasteiger partial charge is 0.232 e. The minimum absolute atomic E-state index is 0.0192. The Morgan fingerprint density at radius 2 is 1.71 bits per heavy atom. The van der Waals surface area contributed by atoms with Gasteiger partial charge in [-0.2, -0.15) is 15.0 Å². The van der Waals surface area contributed by atoms with Crippen LogP contribution >= 0.6 is 0 Å². The molecular weight excluding hydrogens is 308 g/mol. The number of ether oxygens (including phenoxy) is 1. The minimum Gasteiger partial charge on any atom is -0.395 e. The molecule has 0 saturated carbocycles. The second-order valence-electron chi connectivity index (χ2n) is 5.37. The van der Waals surface area contributed by atoms with Gasteiger partial charge < -0.3 is 25.4 Å². The van der Waals surface area contributed by atoms with Crippen molar-refractivity contribution in [2.45, 2.75) is 6.54 Å². The first-order chi connectivity index (χ1) is 11.8. The van der Waals surface area contributed by atoms with Crippen LogP contribution in [0.1, 0.15) is 5.56 Å². The van der Waals surface area contributed by atoms with Crippen LogP contribution in [0.25, 0.3) is 0 Å². The molecule has 0 radical (unpaired) electrons. The topological polar surface area (TPSA) is 95.4 Å². The Bertz CT molecular complexity index is 634. The second-order valence-corrected chi connectivity index (χ2v) is 5.37. The van der Waals surface area contributed by atoms with Crippen molar-refractivity contribution in [3.63, 3.8) is 0 Å². The molecule has 2 heterocycles. The third-order valence-electron chi connectivity index (χ3n) is 3.61. The average Bonchev–Trinajstić information content (AvgIpc) is 2.66. The normalized spacial score (nSPS) is 14.5. The zero-order valence-electron chi connectivity index (χ0n) is 13.5. The van der Waals surface area contributed by atoms with Gasteiger partial charge in [-0.15, -0.1) is 0 Å². The van der Waals surface area contributed by atoms with Gasteiger partial charge in [0.1, 0.15) is 0 Å². The van der Waals surface area contributed by atoms with E-state index in [1.165, 1.54) is 0 Å². The Morgan fingerprint density at radius 3 is 2.42 bits per heavy atom. The molecule has 1 saturated heterocycles. The number of hydrogen-bond donors (Lipinski definition) is 3. The van der Waals surface area contributed by atoms with Gasteiger partial charge in [0.25, 0.3) is 0 Å². The molecule has 0 aliphatic carbocycles. The van der Waals surface area contributed by atoms with E-state index in [4.69, 9.17) is 9.84 Å². The molecular formula is C16H22N6O2. The van der Waals surface area contributed by atoms with Gasteiger partial charge in [0.2, 0.25) is 17.8 Å². The van der Waals surface area contributed by atoms with Crippen LogP contribution in [0.3, 0.4) is 0 Å². The van der Waals surface area contributed by atoms with Gasteiger partial charge in [0.05, 0.1) is 19.8 Å². The first-order valence-electron chi connectivity index (χ1n) is 8.06.